The Morgan fingerprint density at radius 1 is 1.26 bits per heavy atom. The third-order valence-electron chi connectivity index (χ3n) is 4.19. The van der Waals surface area contributed by atoms with E-state index in [1.165, 1.54) is 0 Å². The monoisotopic (exact) mass is 314 g/mol. The van der Waals surface area contributed by atoms with E-state index in [9.17, 15) is 9.90 Å². The maximum atomic E-state index is 11.9. The van der Waals surface area contributed by atoms with Crippen LogP contribution in [0.15, 0.2) is 42.7 Å². The van der Waals surface area contributed by atoms with Crippen LogP contribution in [0.2, 0.25) is 0 Å². The maximum absolute atomic E-state index is 11.9. The van der Waals surface area contributed by atoms with E-state index in [2.05, 4.69) is 15.7 Å². The first-order valence-corrected chi connectivity index (χ1v) is 7.97. The summed E-state index contributed by atoms with van der Waals surface area (Å²) in [5, 5.41) is 19.9. The van der Waals surface area contributed by atoms with Gasteiger partial charge in [0.15, 0.2) is 0 Å². The molecule has 0 bridgehead atoms. The molecule has 1 aliphatic rings. The van der Waals surface area contributed by atoms with Gasteiger partial charge in [0.05, 0.1) is 24.0 Å². The van der Waals surface area contributed by atoms with Crippen LogP contribution >= 0.6 is 0 Å². The largest absolute Gasteiger partial charge is 0.388 e. The van der Waals surface area contributed by atoms with Gasteiger partial charge in [0.25, 0.3) is 0 Å². The van der Waals surface area contributed by atoms with Gasteiger partial charge in [0, 0.05) is 12.7 Å². The zero-order valence-electron chi connectivity index (χ0n) is 13.0. The van der Waals surface area contributed by atoms with E-state index < -0.39 is 5.60 Å². The van der Waals surface area contributed by atoms with Crippen molar-refractivity contribution in [1.82, 2.24) is 15.1 Å². The van der Waals surface area contributed by atoms with Gasteiger partial charge in [0.1, 0.15) is 0 Å². The molecule has 1 heterocycles. The summed E-state index contributed by atoms with van der Waals surface area (Å²) in [6.07, 6.45) is 6.95. The molecule has 23 heavy (non-hydrogen) atoms. The average Bonchev–Trinajstić information content (AvgIpc) is 3.16. The Morgan fingerprint density at radius 3 is 2.74 bits per heavy atom. The number of rotatable bonds is 5. The Bertz CT molecular complexity index is 648. The second-order valence-electron chi connectivity index (χ2n) is 6.15. The third kappa shape index (κ3) is 4.32. The topological polar surface area (TPSA) is 79.2 Å². The first-order chi connectivity index (χ1) is 11.1. The highest BCUT2D eigenvalue weighted by Crippen LogP contribution is 2.28. The molecule has 1 aromatic heterocycles. The Hall–Kier alpha value is -2.34. The number of nitrogens with zero attached hydrogens (tertiary/aromatic N) is 2. The lowest BCUT2D eigenvalue weighted by Gasteiger charge is -2.22. The third-order valence-corrected chi connectivity index (χ3v) is 4.19. The minimum absolute atomic E-state index is 0.289. The zero-order valence-corrected chi connectivity index (χ0v) is 13.0. The Morgan fingerprint density at radius 2 is 2.00 bits per heavy atom. The lowest BCUT2D eigenvalue weighted by molar-refractivity contribution is 0.0506. The Labute approximate surface area is 135 Å². The minimum atomic E-state index is -0.741. The van der Waals surface area contributed by atoms with Crippen molar-refractivity contribution in [2.45, 2.75) is 37.8 Å². The molecule has 3 N–H and O–H groups in total. The standard InChI is InChI=1S/C17H22N4O2/c22-16(18-13-17(23)8-4-5-9-17)20-15-10-19-21(12-15)11-14-6-2-1-3-7-14/h1-3,6-7,10,12,23H,4-5,8-9,11,13H2,(H2,18,20,22). The van der Waals surface area contributed by atoms with Crippen LogP contribution in [-0.4, -0.2) is 33.1 Å². The molecule has 0 aliphatic heterocycles. The molecule has 1 aromatic carbocycles. The number of urea groups is 1. The molecule has 0 unspecified atom stereocenters. The second-order valence-corrected chi connectivity index (χ2v) is 6.15. The van der Waals surface area contributed by atoms with E-state index in [1.807, 2.05) is 30.3 Å². The number of carbonyl (C=O) groups is 1. The number of nitrogens with one attached hydrogen (secondary N) is 2. The van der Waals surface area contributed by atoms with E-state index in [4.69, 9.17) is 0 Å². The van der Waals surface area contributed by atoms with Gasteiger partial charge in [0.2, 0.25) is 0 Å². The van der Waals surface area contributed by atoms with Gasteiger partial charge in [-0.05, 0) is 18.4 Å². The number of carbonyl (C=O) groups excluding carboxylic acids is 1. The summed E-state index contributed by atoms with van der Waals surface area (Å²) < 4.78 is 1.77. The average molecular weight is 314 g/mol. The van der Waals surface area contributed by atoms with Crippen molar-refractivity contribution in [3.05, 3.63) is 48.3 Å². The molecule has 2 aromatic rings. The Kier molecular flexibility index (Phi) is 4.62. The molecule has 0 radical (unpaired) electrons. The summed E-state index contributed by atoms with van der Waals surface area (Å²) in [6, 6.07) is 9.69. The maximum Gasteiger partial charge on any atom is 0.319 e. The molecule has 0 spiro atoms. The number of amides is 2. The summed E-state index contributed by atoms with van der Waals surface area (Å²) in [5.74, 6) is 0. The van der Waals surface area contributed by atoms with Crippen molar-refractivity contribution in [2.24, 2.45) is 0 Å². The van der Waals surface area contributed by atoms with E-state index in [-0.39, 0.29) is 12.6 Å². The van der Waals surface area contributed by atoms with Gasteiger partial charge < -0.3 is 15.7 Å². The molecule has 1 saturated carbocycles. The van der Waals surface area contributed by atoms with Gasteiger partial charge in [-0.15, -0.1) is 0 Å². The number of benzene rings is 1. The first kappa shape index (κ1) is 15.6. The second kappa shape index (κ2) is 6.83. The molecule has 1 fully saturated rings. The molecule has 2 amide bonds. The summed E-state index contributed by atoms with van der Waals surface area (Å²) in [6.45, 7) is 0.945. The van der Waals surface area contributed by atoms with Crippen LogP contribution in [0.5, 0.6) is 0 Å². The molecule has 0 atom stereocenters. The lowest BCUT2D eigenvalue weighted by atomic mass is 10.0. The van der Waals surface area contributed by atoms with Crippen LogP contribution in [0.1, 0.15) is 31.2 Å². The van der Waals surface area contributed by atoms with Crippen LogP contribution in [0, 0.1) is 0 Å². The van der Waals surface area contributed by atoms with Crippen LogP contribution in [0.4, 0.5) is 10.5 Å². The van der Waals surface area contributed by atoms with Crippen molar-refractivity contribution < 1.29 is 9.90 Å². The fourth-order valence-electron chi connectivity index (χ4n) is 2.92. The summed E-state index contributed by atoms with van der Waals surface area (Å²) in [4.78, 5) is 11.9. The quantitative estimate of drug-likeness (QED) is 0.792. The summed E-state index contributed by atoms with van der Waals surface area (Å²) in [5.41, 5.74) is 1.04. The molecular formula is C17H22N4O2. The van der Waals surface area contributed by atoms with Gasteiger partial charge >= 0.3 is 6.03 Å². The van der Waals surface area contributed by atoms with Crippen LogP contribution < -0.4 is 10.6 Å². The highest BCUT2D eigenvalue weighted by atomic mass is 16.3. The molecule has 3 rings (SSSR count). The predicted molar refractivity (Wildman–Crippen MR) is 88.2 cm³/mol. The van der Waals surface area contributed by atoms with Crippen molar-refractivity contribution in [3.8, 4) is 0 Å². The highest BCUT2D eigenvalue weighted by molar-refractivity contribution is 5.88. The zero-order chi connectivity index (χ0) is 16.1. The fourth-order valence-corrected chi connectivity index (χ4v) is 2.92. The summed E-state index contributed by atoms with van der Waals surface area (Å²) >= 11 is 0. The van der Waals surface area contributed by atoms with E-state index in [0.29, 0.717) is 12.2 Å². The summed E-state index contributed by atoms with van der Waals surface area (Å²) in [7, 11) is 0. The van der Waals surface area contributed by atoms with E-state index in [0.717, 1.165) is 31.2 Å². The molecule has 0 saturated heterocycles. The van der Waals surface area contributed by atoms with Gasteiger partial charge in [-0.25, -0.2) is 4.79 Å². The minimum Gasteiger partial charge on any atom is -0.388 e. The van der Waals surface area contributed by atoms with Crippen LogP contribution in [-0.2, 0) is 6.54 Å². The molecule has 1 aliphatic carbocycles. The normalized spacial score (nSPS) is 16.2. The van der Waals surface area contributed by atoms with Crippen molar-refractivity contribution >= 4 is 11.7 Å². The Balaban J connectivity index is 1.49. The van der Waals surface area contributed by atoms with E-state index in [1.54, 1.807) is 17.1 Å². The van der Waals surface area contributed by atoms with Gasteiger partial charge in [-0.2, -0.15) is 5.10 Å². The molecule has 122 valence electrons. The van der Waals surface area contributed by atoms with Gasteiger partial charge in [-0.1, -0.05) is 43.2 Å². The van der Waals surface area contributed by atoms with Crippen molar-refractivity contribution in [2.75, 3.05) is 11.9 Å². The molecular weight excluding hydrogens is 292 g/mol. The van der Waals surface area contributed by atoms with Gasteiger partial charge in [-0.3, -0.25) is 4.68 Å². The lowest BCUT2D eigenvalue weighted by Crippen LogP contribution is -2.42. The van der Waals surface area contributed by atoms with E-state index >= 15 is 0 Å². The smallest absolute Gasteiger partial charge is 0.319 e. The van der Waals surface area contributed by atoms with Crippen molar-refractivity contribution in [1.29, 1.82) is 0 Å². The number of aliphatic hydroxyl groups is 1. The SMILES string of the molecule is O=C(NCC1(O)CCCC1)Nc1cnn(Cc2ccccc2)c1. The molecule has 6 heteroatoms. The number of aromatic nitrogens is 2. The fraction of sp³-hybridized carbons (Fsp3) is 0.412. The number of hydrogen-bond donors (Lipinski definition) is 3. The first-order valence-electron chi connectivity index (χ1n) is 7.97. The number of hydrogen-bond acceptors (Lipinski definition) is 3. The van der Waals surface area contributed by atoms with Crippen LogP contribution in [0.25, 0.3) is 0 Å². The van der Waals surface area contributed by atoms with Crippen molar-refractivity contribution in [3.63, 3.8) is 0 Å². The highest BCUT2D eigenvalue weighted by Gasteiger charge is 2.31. The predicted octanol–water partition coefficient (Wildman–Crippen LogP) is 2.36. The molecule has 6 nitrogen and oxygen atoms in total. The van der Waals surface area contributed by atoms with Crippen LogP contribution in [0.3, 0.4) is 0 Å². The number of anilines is 1.